The zero-order valence-electron chi connectivity index (χ0n) is 10.3. The Morgan fingerprint density at radius 1 is 1.37 bits per heavy atom. The van der Waals surface area contributed by atoms with Crippen molar-refractivity contribution in [3.05, 3.63) is 42.2 Å². The van der Waals surface area contributed by atoms with Crippen LogP contribution in [0.2, 0.25) is 0 Å². The van der Waals surface area contributed by atoms with Crippen molar-refractivity contribution in [2.75, 3.05) is 12.0 Å². The maximum Gasteiger partial charge on any atom is 0.258 e. The van der Waals surface area contributed by atoms with Crippen LogP contribution in [-0.4, -0.2) is 31.9 Å². The van der Waals surface area contributed by atoms with Gasteiger partial charge in [-0.2, -0.15) is 0 Å². The van der Waals surface area contributed by atoms with E-state index in [1.54, 1.807) is 23.4 Å². The highest BCUT2D eigenvalue weighted by molar-refractivity contribution is 5.99. The van der Waals surface area contributed by atoms with Crippen LogP contribution in [0.3, 0.4) is 0 Å². The van der Waals surface area contributed by atoms with Crippen molar-refractivity contribution in [1.82, 2.24) is 19.4 Å². The summed E-state index contributed by atoms with van der Waals surface area (Å²) in [4.78, 5) is 22.4. The Labute approximate surface area is 110 Å². The van der Waals surface area contributed by atoms with E-state index in [1.807, 2.05) is 6.20 Å². The van der Waals surface area contributed by atoms with Gasteiger partial charge < -0.3 is 14.9 Å². The number of anilines is 1. The minimum atomic E-state index is -0.0877. The van der Waals surface area contributed by atoms with Crippen LogP contribution in [0.25, 0.3) is 0 Å². The lowest BCUT2D eigenvalue weighted by Crippen LogP contribution is -2.38. The molecule has 0 bridgehead atoms. The summed E-state index contributed by atoms with van der Waals surface area (Å²) in [6, 6.07) is 1.68. The van der Waals surface area contributed by atoms with Crippen molar-refractivity contribution < 1.29 is 4.79 Å². The van der Waals surface area contributed by atoms with E-state index in [0.717, 1.165) is 12.4 Å². The molecule has 0 radical (unpaired) electrons. The molecule has 1 aliphatic rings. The predicted molar refractivity (Wildman–Crippen MR) is 69.0 cm³/mol. The summed E-state index contributed by atoms with van der Waals surface area (Å²) >= 11 is 0. The molecule has 0 saturated heterocycles. The summed E-state index contributed by atoms with van der Waals surface area (Å²) in [5.41, 5.74) is 3.58. The molecule has 7 heteroatoms. The Kier molecular flexibility index (Phi) is 2.88. The zero-order valence-corrected chi connectivity index (χ0v) is 10.3. The van der Waals surface area contributed by atoms with Crippen LogP contribution in [-0.2, 0) is 13.1 Å². The summed E-state index contributed by atoms with van der Waals surface area (Å²) in [7, 11) is 0. The molecule has 0 atom stereocenters. The molecule has 3 N–H and O–H groups in total. The molecule has 3 heterocycles. The average molecular weight is 258 g/mol. The number of pyridine rings is 1. The summed E-state index contributed by atoms with van der Waals surface area (Å²) in [6.07, 6.45) is 6.79. The third-order valence-corrected chi connectivity index (χ3v) is 3.24. The van der Waals surface area contributed by atoms with E-state index in [1.165, 1.54) is 6.20 Å². The number of nitrogens with one attached hydrogen (secondary N) is 1. The summed E-state index contributed by atoms with van der Waals surface area (Å²) in [5, 5.41) is 0. The third kappa shape index (κ3) is 2.04. The number of fused-ring (bicyclic) bond motifs is 1. The van der Waals surface area contributed by atoms with Gasteiger partial charge in [-0.25, -0.2) is 4.98 Å². The molecule has 1 aliphatic heterocycles. The fraction of sp³-hybridized carbons (Fsp3) is 0.250. The van der Waals surface area contributed by atoms with E-state index in [2.05, 4.69) is 20.0 Å². The van der Waals surface area contributed by atoms with Crippen LogP contribution >= 0.6 is 0 Å². The van der Waals surface area contributed by atoms with Gasteiger partial charge in [0, 0.05) is 37.9 Å². The number of hydrogen-bond acceptors (Lipinski definition) is 5. The molecule has 0 aliphatic carbocycles. The van der Waals surface area contributed by atoms with Crippen molar-refractivity contribution in [1.29, 1.82) is 0 Å². The topological polar surface area (TPSA) is 89.1 Å². The van der Waals surface area contributed by atoms with Crippen molar-refractivity contribution in [2.45, 2.75) is 13.1 Å². The number of aromatic nitrogens is 3. The molecular formula is C12H14N6O. The highest BCUT2D eigenvalue weighted by atomic mass is 16.2. The van der Waals surface area contributed by atoms with E-state index in [4.69, 9.17) is 5.84 Å². The number of carbonyl (C=O) groups is 1. The highest BCUT2D eigenvalue weighted by Crippen LogP contribution is 2.18. The van der Waals surface area contributed by atoms with E-state index >= 15 is 0 Å². The number of hydrazine groups is 1. The number of hydrogen-bond donors (Lipinski definition) is 2. The number of carbonyl (C=O) groups excluding carboxylic acids is 1. The minimum absolute atomic E-state index is 0.0877. The quantitative estimate of drug-likeness (QED) is 0.594. The zero-order chi connectivity index (χ0) is 13.2. The molecule has 0 saturated carbocycles. The summed E-state index contributed by atoms with van der Waals surface area (Å²) in [6.45, 7) is 1.92. The van der Waals surface area contributed by atoms with Crippen LogP contribution < -0.4 is 11.3 Å². The van der Waals surface area contributed by atoms with Crippen LogP contribution in [0.15, 0.2) is 30.9 Å². The number of imidazole rings is 1. The molecule has 2 aromatic rings. The Bertz CT molecular complexity index is 608. The van der Waals surface area contributed by atoms with Gasteiger partial charge >= 0.3 is 0 Å². The molecule has 2 aromatic heterocycles. The number of rotatable bonds is 2. The lowest BCUT2D eigenvalue weighted by molar-refractivity contribution is 0.0708. The molecule has 3 rings (SSSR count). The van der Waals surface area contributed by atoms with Gasteiger partial charge in [0.25, 0.3) is 5.91 Å². The molecule has 98 valence electrons. The second-order valence-corrected chi connectivity index (χ2v) is 4.33. The van der Waals surface area contributed by atoms with E-state index in [-0.39, 0.29) is 5.91 Å². The SMILES string of the molecule is NNc1ccncc1C(=O)N1CCn2ccnc2C1. The third-order valence-electron chi connectivity index (χ3n) is 3.24. The number of nitrogen functional groups attached to an aromatic ring is 1. The number of nitrogens with zero attached hydrogens (tertiary/aromatic N) is 4. The van der Waals surface area contributed by atoms with E-state index in [9.17, 15) is 4.79 Å². The molecule has 1 amide bonds. The van der Waals surface area contributed by atoms with Gasteiger partial charge in [-0.1, -0.05) is 0 Å². The van der Waals surface area contributed by atoms with E-state index in [0.29, 0.717) is 24.3 Å². The van der Waals surface area contributed by atoms with E-state index < -0.39 is 0 Å². The van der Waals surface area contributed by atoms with Gasteiger partial charge in [0.1, 0.15) is 5.82 Å². The smallest absolute Gasteiger partial charge is 0.258 e. The minimum Gasteiger partial charge on any atom is -0.332 e. The van der Waals surface area contributed by atoms with Crippen molar-refractivity contribution >= 4 is 11.6 Å². The lowest BCUT2D eigenvalue weighted by Gasteiger charge is -2.28. The monoisotopic (exact) mass is 258 g/mol. The first-order valence-corrected chi connectivity index (χ1v) is 5.99. The second-order valence-electron chi connectivity index (χ2n) is 4.33. The Morgan fingerprint density at radius 3 is 3.11 bits per heavy atom. The van der Waals surface area contributed by atoms with Crippen LogP contribution in [0.1, 0.15) is 16.2 Å². The van der Waals surface area contributed by atoms with Gasteiger partial charge in [0.2, 0.25) is 0 Å². The molecule has 0 unspecified atom stereocenters. The van der Waals surface area contributed by atoms with Crippen LogP contribution in [0.5, 0.6) is 0 Å². The van der Waals surface area contributed by atoms with Gasteiger partial charge in [-0.15, -0.1) is 0 Å². The molecule has 0 fully saturated rings. The number of amides is 1. The van der Waals surface area contributed by atoms with Gasteiger partial charge in [-0.05, 0) is 6.07 Å². The fourth-order valence-corrected chi connectivity index (χ4v) is 2.21. The second kappa shape index (κ2) is 4.69. The maximum atomic E-state index is 12.5. The van der Waals surface area contributed by atoms with Gasteiger partial charge in [0.15, 0.2) is 0 Å². The summed E-state index contributed by atoms with van der Waals surface area (Å²) < 4.78 is 2.05. The maximum absolute atomic E-state index is 12.5. The van der Waals surface area contributed by atoms with Crippen molar-refractivity contribution in [3.63, 3.8) is 0 Å². The highest BCUT2D eigenvalue weighted by Gasteiger charge is 2.23. The average Bonchev–Trinajstić information content (AvgIpc) is 2.93. The molecule has 0 aromatic carbocycles. The lowest BCUT2D eigenvalue weighted by atomic mass is 10.2. The van der Waals surface area contributed by atoms with Crippen LogP contribution in [0.4, 0.5) is 5.69 Å². The molecular weight excluding hydrogens is 244 g/mol. The Morgan fingerprint density at radius 2 is 2.26 bits per heavy atom. The fourth-order valence-electron chi connectivity index (χ4n) is 2.21. The Hall–Kier alpha value is -2.41. The first-order chi connectivity index (χ1) is 9.29. The summed E-state index contributed by atoms with van der Waals surface area (Å²) in [5.74, 6) is 6.22. The van der Waals surface area contributed by atoms with Crippen molar-refractivity contribution in [3.8, 4) is 0 Å². The standard InChI is InChI=1S/C12H14N6O/c13-16-10-1-2-14-7-9(10)12(19)18-6-5-17-4-3-15-11(17)8-18/h1-4,7H,5-6,8,13H2,(H,14,16). The van der Waals surface area contributed by atoms with Crippen LogP contribution in [0, 0.1) is 0 Å². The normalized spacial score (nSPS) is 14.1. The van der Waals surface area contributed by atoms with Crippen molar-refractivity contribution in [2.24, 2.45) is 5.84 Å². The first-order valence-electron chi connectivity index (χ1n) is 5.99. The predicted octanol–water partition coefficient (Wildman–Crippen LogP) is 0.220. The first kappa shape index (κ1) is 11.7. The Balaban J connectivity index is 1.85. The van der Waals surface area contributed by atoms with Gasteiger partial charge in [-0.3, -0.25) is 15.6 Å². The molecule has 0 spiro atoms. The molecule has 7 nitrogen and oxygen atoms in total. The van der Waals surface area contributed by atoms with Gasteiger partial charge in [0.05, 0.1) is 17.8 Å². The molecule has 19 heavy (non-hydrogen) atoms. The largest absolute Gasteiger partial charge is 0.332 e. The number of nitrogens with two attached hydrogens (primary N) is 1.